The second-order valence-corrected chi connectivity index (χ2v) is 8.46. The van der Waals surface area contributed by atoms with Gasteiger partial charge in [-0.25, -0.2) is 4.39 Å². The predicted octanol–water partition coefficient (Wildman–Crippen LogP) is 6.19. The number of hydrogen-bond acceptors (Lipinski definition) is 4. The number of para-hydroxylation sites is 1. The van der Waals surface area contributed by atoms with E-state index in [-0.39, 0.29) is 24.4 Å². The normalized spacial score (nSPS) is 17.8. The van der Waals surface area contributed by atoms with Gasteiger partial charge < -0.3 is 19.8 Å². The number of allylic oxidation sites excluding steroid dienone is 2. The standard InChI is InChI=1S/C21H24FNO2.2C4H8O/c1-15-17(14-21(25)23(15)19-7-3-2-4-8-19)6-5-9-20(24)16-10-12-18(22)13-11-16;1-4(2)5-3;1-2-3-4-5/h2-4,7-8,10-13,15,17,20,24H,5-6,9,14H2,1H3;1H2,2-3H3;2-3,5H,4H2,1H3/b;;3-2-. The van der Waals surface area contributed by atoms with Crippen LogP contribution in [0.15, 0.2) is 79.1 Å². The summed E-state index contributed by atoms with van der Waals surface area (Å²) in [5.74, 6) is 0.927. The Morgan fingerprint density at radius 2 is 1.83 bits per heavy atom. The van der Waals surface area contributed by atoms with E-state index in [4.69, 9.17) is 5.11 Å². The zero-order chi connectivity index (χ0) is 26.2. The molecule has 2 aromatic carbocycles. The number of carbonyl (C=O) groups is 1. The van der Waals surface area contributed by atoms with Gasteiger partial charge in [0.2, 0.25) is 5.91 Å². The van der Waals surface area contributed by atoms with Gasteiger partial charge in [-0.1, -0.05) is 55.5 Å². The molecule has 0 spiro atoms. The Hall–Kier alpha value is -2.96. The van der Waals surface area contributed by atoms with Crippen LogP contribution in [0.3, 0.4) is 0 Å². The summed E-state index contributed by atoms with van der Waals surface area (Å²) in [6.07, 6.45) is 5.81. The molecule has 0 bridgehead atoms. The van der Waals surface area contributed by atoms with Crippen molar-refractivity contribution >= 4 is 11.6 Å². The van der Waals surface area contributed by atoms with Crippen molar-refractivity contribution in [1.82, 2.24) is 0 Å². The van der Waals surface area contributed by atoms with Crippen LogP contribution in [-0.2, 0) is 9.53 Å². The van der Waals surface area contributed by atoms with E-state index in [1.165, 1.54) is 12.1 Å². The van der Waals surface area contributed by atoms with Gasteiger partial charge in [-0.05, 0) is 69.4 Å². The lowest BCUT2D eigenvalue weighted by molar-refractivity contribution is -0.117. The summed E-state index contributed by atoms with van der Waals surface area (Å²) in [4.78, 5) is 14.3. The highest BCUT2D eigenvalue weighted by atomic mass is 19.1. The molecule has 3 atom stereocenters. The molecular formula is C29H40FNO4. The lowest BCUT2D eigenvalue weighted by Gasteiger charge is -2.25. The molecule has 5 nitrogen and oxygen atoms in total. The van der Waals surface area contributed by atoms with E-state index in [0.717, 1.165) is 29.9 Å². The first-order valence-corrected chi connectivity index (χ1v) is 12.0. The molecule has 3 rings (SSSR count). The second-order valence-electron chi connectivity index (χ2n) is 8.46. The molecule has 2 aromatic rings. The number of carbonyl (C=O) groups excluding carboxylic acids is 1. The highest BCUT2D eigenvalue weighted by molar-refractivity contribution is 5.96. The Kier molecular flexibility index (Phi) is 14.3. The molecule has 0 aliphatic carbocycles. The minimum Gasteiger partial charge on any atom is -0.502 e. The molecule has 2 N–H and O–H groups in total. The number of rotatable bonds is 8. The minimum atomic E-state index is -0.585. The Bertz CT molecular complexity index is 899. The summed E-state index contributed by atoms with van der Waals surface area (Å²) in [7, 11) is 1.60. The molecule has 0 saturated carbocycles. The molecule has 0 radical (unpaired) electrons. The summed E-state index contributed by atoms with van der Waals surface area (Å²) in [5.41, 5.74) is 1.69. The van der Waals surface area contributed by atoms with E-state index in [1.54, 1.807) is 38.3 Å². The van der Waals surface area contributed by atoms with E-state index in [0.29, 0.717) is 18.8 Å². The minimum absolute atomic E-state index is 0.163. The molecule has 0 aromatic heterocycles. The first kappa shape index (κ1) is 30.1. The van der Waals surface area contributed by atoms with Gasteiger partial charge in [0, 0.05) is 18.2 Å². The van der Waals surface area contributed by atoms with Crippen molar-refractivity contribution < 1.29 is 24.1 Å². The van der Waals surface area contributed by atoms with Crippen LogP contribution < -0.4 is 4.90 Å². The van der Waals surface area contributed by atoms with E-state index in [1.807, 2.05) is 42.2 Å². The SMILES string of the molecule is C/C=C\CO.C=C(C)OC.CC1C(CCCC(O)c2ccc(F)cc2)CC(=O)N1c1ccccc1. The van der Waals surface area contributed by atoms with Crippen molar-refractivity contribution in [3.63, 3.8) is 0 Å². The number of ether oxygens (including phenoxy) is 1. The number of halogens is 1. The smallest absolute Gasteiger partial charge is 0.227 e. The van der Waals surface area contributed by atoms with Gasteiger partial charge in [0.25, 0.3) is 0 Å². The largest absolute Gasteiger partial charge is 0.502 e. The first-order chi connectivity index (χ1) is 16.7. The monoisotopic (exact) mass is 485 g/mol. The number of hydrogen-bond donors (Lipinski definition) is 2. The third-order valence-electron chi connectivity index (χ3n) is 5.83. The molecule has 3 unspecified atom stereocenters. The van der Waals surface area contributed by atoms with Crippen LogP contribution in [0.1, 0.15) is 58.1 Å². The molecule has 6 heteroatoms. The second kappa shape index (κ2) is 16.6. The van der Waals surface area contributed by atoms with Crippen molar-refractivity contribution in [1.29, 1.82) is 0 Å². The summed E-state index contributed by atoms with van der Waals surface area (Å²) >= 11 is 0. The molecule has 1 amide bonds. The fourth-order valence-electron chi connectivity index (χ4n) is 3.77. The van der Waals surface area contributed by atoms with Crippen LogP contribution in [-0.4, -0.2) is 35.9 Å². The van der Waals surface area contributed by atoms with Gasteiger partial charge in [-0.15, -0.1) is 0 Å². The molecular weight excluding hydrogens is 445 g/mol. The Morgan fingerprint density at radius 1 is 1.23 bits per heavy atom. The van der Waals surface area contributed by atoms with Gasteiger partial charge in [-0.2, -0.15) is 0 Å². The fraction of sp³-hybridized carbons (Fsp3) is 0.414. The van der Waals surface area contributed by atoms with Gasteiger partial charge in [-0.3, -0.25) is 4.79 Å². The fourth-order valence-corrected chi connectivity index (χ4v) is 3.77. The summed E-state index contributed by atoms with van der Waals surface area (Å²) in [6.45, 7) is 9.39. The number of nitrogens with zero attached hydrogens (tertiary/aromatic N) is 1. The predicted molar refractivity (Wildman–Crippen MR) is 140 cm³/mol. The lowest BCUT2D eigenvalue weighted by atomic mass is 9.93. The van der Waals surface area contributed by atoms with E-state index in [2.05, 4.69) is 18.2 Å². The Morgan fingerprint density at radius 3 is 2.31 bits per heavy atom. The summed E-state index contributed by atoms with van der Waals surface area (Å²) in [6, 6.07) is 15.9. The average Bonchev–Trinajstić information content (AvgIpc) is 3.14. The van der Waals surface area contributed by atoms with Crippen molar-refractivity contribution in [2.45, 2.75) is 58.6 Å². The number of methoxy groups -OCH3 is 1. The van der Waals surface area contributed by atoms with Crippen molar-refractivity contribution in [3.05, 3.63) is 90.5 Å². The highest BCUT2D eigenvalue weighted by Gasteiger charge is 2.37. The van der Waals surface area contributed by atoms with Crippen LogP contribution in [0.2, 0.25) is 0 Å². The zero-order valence-corrected chi connectivity index (χ0v) is 21.4. The quantitative estimate of drug-likeness (QED) is 0.345. The third-order valence-corrected chi connectivity index (χ3v) is 5.83. The first-order valence-electron chi connectivity index (χ1n) is 12.0. The molecule has 1 aliphatic heterocycles. The van der Waals surface area contributed by atoms with E-state index >= 15 is 0 Å². The molecule has 1 saturated heterocycles. The Labute approximate surface area is 209 Å². The van der Waals surface area contributed by atoms with Crippen molar-refractivity contribution in [2.75, 3.05) is 18.6 Å². The highest BCUT2D eigenvalue weighted by Crippen LogP contribution is 2.34. The zero-order valence-electron chi connectivity index (χ0n) is 21.4. The lowest BCUT2D eigenvalue weighted by Crippen LogP contribution is -2.32. The maximum absolute atomic E-state index is 12.9. The van der Waals surface area contributed by atoms with Crippen LogP contribution in [0, 0.1) is 11.7 Å². The number of anilines is 1. The van der Waals surface area contributed by atoms with E-state index in [9.17, 15) is 14.3 Å². The number of amides is 1. The van der Waals surface area contributed by atoms with Crippen LogP contribution in [0.4, 0.5) is 10.1 Å². The Balaban J connectivity index is 0.000000519. The molecule has 1 aliphatic rings. The maximum atomic E-state index is 12.9. The van der Waals surface area contributed by atoms with Crippen molar-refractivity contribution in [2.24, 2.45) is 5.92 Å². The third kappa shape index (κ3) is 10.9. The summed E-state index contributed by atoms with van der Waals surface area (Å²) in [5, 5.41) is 18.2. The van der Waals surface area contributed by atoms with Crippen LogP contribution >= 0.6 is 0 Å². The van der Waals surface area contributed by atoms with E-state index < -0.39 is 6.10 Å². The molecule has 192 valence electrons. The van der Waals surface area contributed by atoms with Gasteiger partial charge in [0.05, 0.1) is 25.6 Å². The van der Waals surface area contributed by atoms with Gasteiger partial charge >= 0.3 is 0 Å². The van der Waals surface area contributed by atoms with Gasteiger partial charge in [0.1, 0.15) is 5.82 Å². The maximum Gasteiger partial charge on any atom is 0.227 e. The molecule has 1 fully saturated rings. The van der Waals surface area contributed by atoms with Crippen molar-refractivity contribution in [3.8, 4) is 0 Å². The average molecular weight is 486 g/mol. The van der Waals surface area contributed by atoms with Crippen LogP contribution in [0.5, 0.6) is 0 Å². The number of benzene rings is 2. The number of aliphatic hydroxyl groups excluding tert-OH is 2. The summed E-state index contributed by atoms with van der Waals surface area (Å²) < 4.78 is 17.5. The number of aliphatic hydroxyl groups is 2. The topological polar surface area (TPSA) is 70.0 Å². The molecule has 35 heavy (non-hydrogen) atoms. The van der Waals surface area contributed by atoms with Gasteiger partial charge in [0.15, 0.2) is 0 Å². The molecule has 1 heterocycles. The van der Waals surface area contributed by atoms with Crippen LogP contribution in [0.25, 0.3) is 0 Å².